The highest BCUT2D eigenvalue weighted by molar-refractivity contribution is 5.91. The summed E-state index contributed by atoms with van der Waals surface area (Å²) in [5.74, 6) is -0.502. The summed E-state index contributed by atoms with van der Waals surface area (Å²) in [4.78, 5) is 18.1. The highest BCUT2D eigenvalue weighted by atomic mass is 19.4. The number of carboxylic acid groups (broad SMARTS) is 1. The number of carbonyl (C=O) groups is 1. The molecule has 0 bridgehead atoms. The number of aromatic amines is 1. The number of nitrogens with one attached hydrogen (secondary N) is 3. The van der Waals surface area contributed by atoms with Gasteiger partial charge < -0.3 is 20.8 Å². The quantitative estimate of drug-likeness (QED) is 0.404. The molecule has 3 heterocycles. The van der Waals surface area contributed by atoms with E-state index in [1.165, 1.54) is 0 Å². The molecule has 0 unspecified atom stereocenters. The van der Waals surface area contributed by atoms with E-state index in [1.807, 2.05) is 31.2 Å². The lowest BCUT2D eigenvalue weighted by Gasteiger charge is -2.27. The molecule has 1 aliphatic carbocycles. The smallest absolute Gasteiger partial charge is 0.475 e. The van der Waals surface area contributed by atoms with Gasteiger partial charge in [0, 0.05) is 35.5 Å². The fourth-order valence-corrected chi connectivity index (χ4v) is 3.28. The van der Waals surface area contributed by atoms with Gasteiger partial charge in [0.25, 0.3) is 0 Å². The number of anilines is 3. The SMILES string of the molecule is Cc1cc(Nc2cc3ncccc3c(NC3CCC(O)CC3)n2)n[nH]1.O=C(O)C(F)(F)F. The van der Waals surface area contributed by atoms with Gasteiger partial charge in [-0.25, -0.2) is 9.78 Å². The number of halogens is 3. The third-order valence-electron chi connectivity index (χ3n) is 4.84. The average Bonchev–Trinajstić information content (AvgIpc) is 3.14. The first-order chi connectivity index (χ1) is 15.1. The van der Waals surface area contributed by atoms with Crippen molar-refractivity contribution >= 4 is 34.3 Å². The molecule has 0 saturated heterocycles. The number of H-pyrrole nitrogens is 1. The van der Waals surface area contributed by atoms with E-state index in [-0.39, 0.29) is 6.10 Å². The van der Waals surface area contributed by atoms with Crippen molar-refractivity contribution in [2.75, 3.05) is 10.6 Å². The molecule has 12 heteroatoms. The normalized spacial score (nSPS) is 18.5. The van der Waals surface area contributed by atoms with E-state index in [0.29, 0.717) is 11.9 Å². The van der Waals surface area contributed by atoms with Gasteiger partial charge in [-0.2, -0.15) is 18.3 Å². The molecule has 3 aromatic heterocycles. The summed E-state index contributed by atoms with van der Waals surface area (Å²) in [5.41, 5.74) is 1.87. The van der Waals surface area contributed by atoms with Crippen LogP contribution in [0.2, 0.25) is 0 Å². The molecule has 0 radical (unpaired) electrons. The number of aryl methyl sites for hydroxylation is 1. The molecule has 0 atom stereocenters. The van der Waals surface area contributed by atoms with Crippen LogP contribution in [0.3, 0.4) is 0 Å². The average molecular weight is 452 g/mol. The molecular formula is C20H23F3N6O3. The van der Waals surface area contributed by atoms with Gasteiger partial charge in [0.1, 0.15) is 11.6 Å². The lowest BCUT2D eigenvalue weighted by molar-refractivity contribution is -0.192. The summed E-state index contributed by atoms with van der Waals surface area (Å²) >= 11 is 0. The molecule has 1 saturated carbocycles. The summed E-state index contributed by atoms with van der Waals surface area (Å²) in [6.07, 6.45) is 0.0875. The van der Waals surface area contributed by atoms with E-state index in [2.05, 4.69) is 25.8 Å². The Hall–Kier alpha value is -3.41. The van der Waals surface area contributed by atoms with Crippen LogP contribution in [0.4, 0.5) is 30.6 Å². The summed E-state index contributed by atoms with van der Waals surface area (Å²) < 4.78 is 31.7. The van der Waals surface area contributed by atoms with Crippen molar-refractivity contribution in [2.24, 2.45) is 0 Å². The van der Waals surface area contributed by atoms with Gasteiger partial charge in [-0.1, -0.05) is 0 Å². The van der Waals surface area contributed by atoms with Crippen LogP contribution in [0.1, 0.15) is 31.4 Å². The number of pyridine rings is 2. The standard InChI is InChI=1S/C18H22N6O.C2HF3O2/c1-11-9-17(24-23-11)21-16-10-15-14(3-2-8-19-15)18(22-16)20-12-4-6-13(25)7-5-12;3-2(4,5)1(6)7/h2-3,8-10,12-13,25H,4-7H2,1H3,(H3,20,21,22,23,24);(H,6,7). The van der Waals surface area contributed by atoms with E-state index in [0.717, 1.165) is 53.9 Å². The number of nitrogens with zero attached hydrogens (tertiary/aromatic N) is 3. The molecule has 4 rings (SSSR count). The van der Waals surface area contributed by atoms with Crippen molar-refractivity contribution in [3.63, 3.8) is 0 Å². The monoisotopic (exact) mass is 452 g/mol. The molecule has 9 nitrogen and oxygen atoms in total. The Bertz CT molecular complexity index is 1060. The number of hydrogen-bond acceptors (Lipinski definition) is 7. The van der Waals surface area contributed by atoms with Crippen LogP contribution < -0.4 is 10.6 Å². The number of alkyl halides is 3. The Morgan fingerprint density at radius 2 is 1.88 bits per heavy atom. The Labute approximate surface area is 181 Å². The molecule has 1 aliphatic rings. The Morgan fingerprint density at radius 1 is 1.19 bits per heavy atom. The van der Waals surface area contributed by atoms with Crippen LogP contribution in [0, 0.1) is 6.92 Å². The van der Waals surface area contributed by atoms with E-state index >= 15 is 0 Å². The second-order valence-electron chi connectivity index (χ2n) is 7.44. The maximum atomic E-state index is 10.6. The van der Waals surface area contributed by atoms with Crippen LogP contribution in [0.15, 0.2) is 30.5 Å². The van der Waals surface area contributed by atoms with Crippen molar-refractivity contribution in [1.82, 2.24) is 20.2 Å². The minimum Gasteiger partial charge on any atom is -0.475 e. The molecule has 0 aliphatic heterocycles. The van der Waals surface area contributed by atoms with Crippen molar-refractivity contribution < 1.29 is 28.2 Å². The zero-order valence-electron chi connectivity index (χ0n) is 17.1. The molecule has 3 aromatic rings. The molecule has 0 amide bonds. The maximum absolute atomic E-state index is 10.6. The molecule has 5 N–H and O–H groups in total. The Kier molecular flexibility index (Phi) is 7.13. The van der Waals surface area contributed by atoms with Gasteiger partial charge in [-0.05, 0) is 44.7 Å². The number of aromatic nitrogens is 4. The minimum atomic E-state index is -5.08. The van der Waals surface area contributed by atoms with Crippen molar-refractivity contribution in [2.45, 2.75) is 50.9 Å². The van der Waals surface area contributed by atoms with E-state index in [1.54, 1.807) is 6.20 Å². The van der Waals surface area contributed by atoms with Crippen molar-refractivity contribution in [1.29, 1.82) is 0 Å². The minimum absolute atomic E-state index is 0.166. The predicted octanol–water partition coefficient (Wildman–Crippen LogP) is 3.75. The van der Waals surface area contributed by atoms with Gasteiger partial charge in [0.05, 0.1) is 11.6 Å². The van der Waals surface area contributed by atoms with Gasteiger partial charge in [-0.15, -0.1) is 0 Å². The fraction of sp³-hybridized carbons (Fsp3) is 0.400. The summed E-state index contributed by atoms with van der Waals surface area (Å²) in [5, 5.41) is 31.7. The first-order valence-corrected chi connectivity index (χ1v) is 9.91. The second-order valence-corrected chi connectivity index (χ2v) is 7.44. The second kappa shape index (κ2) is 9.81. The predicted molar refractivity (Wildman–Crippen MR) is 112 cm³/mol. The zero-order valence-corrected chi connectivity index (χ0v) is 17.1. The lowest BCUT2D eigenvalue weighted by atomic mass is 9.93. The first kappa shape index (κ1) is 23.3. The van der Waals surface area contributed by atoms with E-state index in [9.17, 15) is 18.3 Å². The number of hydrogen-bond donors (Lipinski definition) is 5. The Morgan fingerprint density at radius 3 is 2.47 bits per heavy atom. The number of aliphatic hydroxyl groups excluding tert-OH is 1. The van der Waals surface area contributed by atoms with Crippen LogP contribution in [-0.4, -0.2) is 54.7 Å². The van der Waals surface area contributed by atoms with Gasteiger partial charge in [0.2, 0.25) is 0 Å². The highest BCUT2D eigenvalue weighted by Gasteiger charge is 2.38. The molecule has 32 heavy (non-hydrogen) atoms. The molecule has 0 spiro atoms. The summed E-state index contributed by atoms with van der Waals surface area (Å²) in [6.45, 7) is 1.96. The number of aliphatic carboxylic acids is 1. The molecule has 1 fully saturated rings. The van der Waals surface area contributed by atoms with Crippen molar-refractivity contribution in [3.05, 3.63) is 36.2 Å². The first-order valence-electron chi connectivity index (χ1n) is 9.91. The molecule has 0 aromatic carbocycles. The van der Waals surface area contributed by atoms with Crippen molar-refractivity contribution in [3.8, 4) is 0 Å². The molecule has 172 valence electrons. The number of aliphatic hydroxyl groups is 1. The largest absolute Gasteiger partial charge is 0.490 e. The van der Waals surface area contributed by atoms with Gasteiger partial charge in [0.15, 0.2) is 5.82 Å². The fourth-order valence-electron chi connectivity index (χ4n) is 3.28. The van der Waals surface area contributed by atoms with Gasteiger partial charge >= 0.3 is 12.1 Å². The number of fused-ring (bicyclic) bond motifs is 1. The number of carboxylic acids is 1. The van der Waals surface area contributed by atoms with E-state index < -0.39 is 12.1 Å². The van der Waals surface area contributed by atoms with Crippen LogP contribution in [0.5, 0.6) is 0 Å². The zero-order chi connectivity index (χ0) is 23.3. The topological polar surface area (TPSA) is 136 Å². The third kappa shape index (κ3) is 6.30. The van der Waals surface area contributed by atoms with Gasteiger partial charge in [-0.3, -0.25) is 10.1 Å². The Balaban J connectivity index is 0.000000360. The van der Waals surface area contributed by atoms with Crippen LogP contribution in [-0.2, 0) is 4.79 Å². The lowest BCUT2D eigenvalue weighted by Crippen LogP contribution is -2.28. The summed E-state index contributed by atoms with van der Waals surface area (Å²) in [6, 6.07) is 8.12. The van der Waals surface area contributed by atoms with Crippen LogP contribution in [0.25, 0.3) is 10.9 Å². The third-order valence-corrected chi connectivity index (χ3v) is 4.84. The highest BCUT2D eigenvalue weighted by Crippen LogP contribution is 2.28. The van der Waals surface area contributed by atoms with Crippen LogP contribution >= 0.6 is 0 Å². The number of rotatable bonds is 4. The summed E-state index contributed by atoms with van der Waals surface area (Å²) in [7, 11) is 0. The maximum Gasteiger partial charge on any atom is 0.490 e. The molecular weight excluding hydrogens is 429 g/mol. The van der Waals surface area contributed by atoms with E-state index in [4.69, 9.17) is 14.9 Å².